The fourth-order valence-corrected chi connectivity index (χ4v) is 4.61. The predicted molar refractivity (Wildman–Crippen MR) is 122 cm³/mol. The van der Waals surface area contributed by atoms with E-state index < -0.39 is 0 Å². The zero-order valence-electron chi connectivity index (χ0n) is 17.5. The summed E-state index contributed by atoms with van der Waals surface area (Å²) in [4.78, 5) is 18.3. The van der Waals surface area contributed by atoms with Crippen molar-refractivity contribution >= 4 is 22.9 Å². The Morgan fingerprint density at radius 3 is 2.55 bits per heavy atom. The lowest BCUT2D eigenvalue weighted by molar-refractivity contribution is -0.122. The Hall–Kier alpha value is -2.90. The van der Waals surface area contributed by atoms with Gasteiger partial charge in [-0.25, -0.2) is 4.39 Å². The third-order valence-electron chi connectivity index (χ3n) is 5.49. The number of ether oxygens (including phenoxy) is 1. The number of nitrogens with one attached hydrogen (secondary N) is 1. The molecule has 0 aliphatic carbocycles. The van der Waals surface area contributed by atoms with Crippen molar-refractivity contribution in [1.82, 2.24) is 10.2 Å². The van der Waals surface area contributed by atoms with Crippen molar-refractivity contribution in [3.8, 4) is 5.75 Å². The molecular formula is C24H26FN3O2S. The normalized spacial score (nSPS) is 15.5. The average Bonchev–Trinajstić information content (AvgIpc) is 3.33. The Balaban J connectivity index is 1.35. The van der Waals surface area contributed by atoms with Crippen molar-refractivity contribution in [2.24, 2.45) is 0 Å². The van der Waals surface area contributed by atoms with Gasteiger partial charge in [-0.1, -0.05) is 24.3 Å². The van der Waals surface area contributed by atoms with Crippen molar-refractivity contribution in [1.29, 1.82) is 0 Å². The van der Waals surface area contributed by atoms with E-state index in [9.17, 15) is 9.18 Å². The van der Waals surface area contributed by atoms with E-state index in [1.807, 2.05) is 35.7 Å². The van der Waals surface area contributed by atoms with Gasteiger partial charge in [0.05, 0.1) is 19.7 Å². The number of thiophene rings is 1. The molecule has 0 bridgehead atoms. The lowest BCUT2D eigenvalue weighted by atomic mass is 10.1. The molecule has 1 aromatic heterocycles. The number of hydrogen-bond donors (Lipinski definition) is 1. The van der Waals surface area contributed by atoms with Gasteiger partial charge in [-0.15, -0.1) is 11.3 Å². The molecule has 1 saturated heterocycles. The second kappa shape index (κ2) is 9.94. The van der Waals surface area contributed by atoms with Crippen molar-refractivity contribution < 1.29 is 13.9 Å². The summed E-state index contributed by atoms with van der Waals surface area (Å²) in [6.07, 6.45) is 0. The van der Waals surface area contributed by atoms with Crippen LogP contribution in [-0.2, 0) is 4.79 Å². The number of amides is 1. The van der Waals surface area contributed by atoms with Gasteiger partial charge in [0.15, 0.2) is 0 Å². The highest BCUT2D eigenvalue weighted by molar-refractivity contribution is 7.10. The van der Waals surface area contributed by atoms with Gasteiger partial charge in [-0.3, -0.25) is 9.69 Å². The number of rotatable bonds is 7. The van der Waals surface area contributed by atoms with Crippen LogP contribution in [0.5, 0.6) is 5.75 Å². The minimum atomic E-state index is -0.283. The lowest BCUT2D eigenvalue weighted by Gasteiger charge is -2.36. The number of methoxy groups -OCH3 is 1. The summed E-state index contributed by atoms with van der Waals surface area (Å²) in [6, 6.07) is 18.1. The highest BCUT2D eigenvalue weighted by atomic mass is 32.1. The first-order valence-corrected chi connectivity index (χ1v) is 11.2. The number of hydrogen-bond acceptors (Lipinski definition) is 5. The molecule has 4 rings (SSSR count). The number of carbonyl (C=O) groups excluding carboxylic acids is 1. The number of benzene rings is 2. The van der Waals surface area contributed by atoms with Crippen molar-refractivity contribution in [2.45, 2.75) is 6.04 Å². The Morgan fingerprint density at radius 1 is 1.10 bits per heavy atom. The molecule has 2 heterocycles. The highest BCUT2D eigenvalue weighted by Crippen LogP contribution is 2.26. The number of piperazine rings is 1. The Labute approximate surface area is 186 Å². The summed E-state index contributed by atoms with van der Waals surface area (Å²) in [5, 5.41) is 5.12. The van der Waals surface area contributed by atoms with Crippen LogP contribution in [0.3, 0.4) is 0 Å². The van der Waals surface area contributed by atoms with Crippen LogP contribution in [0.1, 0.15) is 16.5 Å². The fourth-order valence-electron chi connectivity index (χ4n) is 3.81. The van der Waals surface area contributed by atoms with Gasteiger partial charge in [0.1, 0.15) is 11.6 Å². The molecule has 0 radical (unpaired) electrons. The standard InChI is InChI=1S/C24H26FN3O2S/c1-30-21-5-2-4-20(16-21)28-13-11-27(12-14-28)17-23(29)26-24(22-6-3-15-31-22)18-7-9-19(25)10-8-18/h2-10,15-16,24H,11-14,17H2,1H3,(H,26,29). The molecule has 1 aliphatic rings. The smallest absolute Gasteiger partial charge is 0.234 e. The van der Waals surface area contributed by atoms with Crippen LogP contribution in [0.4, 0.5) is 10.1 Å². The molecule has 0 spiro atoms. The van der Waals surface area contributed by atoms with E-state index in [0.717, 1.165) is 48.1 Å². The molecule has 162 valence electrons. The van der Waals surface area contributed by atoms with Crippen LogP contribution >= 0.6 is 11.3 Å². The maximum Gasteiger partial charge on any atom is 0.234 e. The molecule has 1 fully saturated rings. The van der Waals surface area contributed by atoms with E-state index in [0.29, 0.717) is 6.54 Å². The maximum atomic E-state index is 13.4. The summed E-state index contributed by atoms with van der Waals surface area (Å²) in [6.45, 7) is 3.67. The van der Waals surface area contributed by atoms with Gasteiger partial charge in [0.2, 0.25) is 5.91 Å². The zero-order chi connectivity index (χ0) is 21.6. The van der Waals surface area contributed by atoms with Gasteiger partial charge in [-0.05, 0) is 41.3 Å². The van der Waals surface area contributed by atoms with Gasteiger partial charge in [0.25, 0.3) is 0 Å². The summed E-state index contributed by atoms with van der Waals surface area (Å²) >= 11 is 1.58. The zero-order valence-corrected chi connectivity index (χ0v) is 18.3. The number of carbonyl (C=O) groups is 1. The second-order valence-corrected chi connectivity index (χ2v) is 8.51. The molecule has 7 heteroatoms. The van der Waals surface area contributed by atoms with E-state index >= 15 is 0 Å². The molecular weight excluding hydrogens is 413 g/mol. The second-order valence-electron chi connectivity index (χ2n) is 7.53. The van der Waals surface area contributed by atoms with E-state index in [4.69, 9.17) is 4.74 Å². The molecule has 31 heavy (non-hydrogen) atoms. The van der Waals surface area contributed by atoms with E-state index in [2.05, 4.69) is 21.2 Å². The molecule has 1 aliphatic heterocycles. The first-order valence-electron chi connectivity index (χ1n) is 10.3. The van der Waals surface area contributed by atoms with Crippen molar-refractivity contribution in [2.75, 3.05) is 44.7 Å². The lowest BCUT2D eigenvalue weighted by Crippen LogP contribution is -2.49. The average molecular weight is 440 g/mol. The summed E-state index contributed by atoms with van der Waals surface area (Å²) in [5.41, 5.74) is 2.01. The Bertz CT molecular complexity index is 986. The molecule has 0 saturated carbocycles. The summed E-state index contributed by atoms with van der Waals surface area (Å²) in [7, 11) is 1.67. The van der Waals surface area contributed by atoms with Crippen LogP contribution in [0, 0.1) is 5.82 Å². The SMILES string of the molecule is COc1cccc(N2CCN(CC(=O)NC(c3ccc(F)cc3)c3cccs3)CC2)c1. The molecule has 1 N–H and O–H groups in total. The summed E-state index contributed by atoms with van der Waals surface area (Å²) < 4.78 is 18.7. The molecule has 5 nitrogen and oxygen atoms in total. The van der Waals surface area contributed by atoms with E-state index in [-0.39, 0.29) is 17.8 Å². The van der Waals surface area contributed by atoms with Crippen LogP contribution < -0.4 is 15.0 Å². The molecule has 3 aromatic rings. The minimum Gasteiger partial charge on any atom is -0.497 e. The third kappa shape index (κ3) is 5.42. The van der Waals surface area contributed by atoms with E-state index in [1.165, 1.54) is 12.1 Å². The number of halogens is 1. The summed E-state index contributed by atoms with van der Waals surface area (Å²) in [5.74, 6) is 0.534. The van der Waals surface area contributed by atoms with Gasteiger partial charge >= 0.3 is 0 Å². The molecule has 1 unspecified atom stereocenters. The van der Waals surface area contributed by atoms with Crippen molar-refractivity contribution in [3.05, 3.63) is 82.3 Å². The van der Waals surface area contributed by atoms with Crippen molar-refractivity contribution in [3.63, 3.8) is 0 Å². The van der Waals surface area contributed by atoms with E-state index in [1.54, 1.807) is 30.6 Å². The highest BCUT2D eigenvalue weighted by Gasteiger charge is 2.22. The van der Waals surface area contributed by atoms with Gasteiger partial charge in [0, 0.05) is 42.8 Å². The van der Waals surface area contributed by atoms with Gasteiger partial charge < -0.3 is 15.0 Å². The van der Waals surface area contributed by atoms with Crippen LogP contribution in [0.15, 0.2) is 66.0 Å². The molecule has 1 amide bonds. The largest absolute Gasteiger partial charge is 0.497 e. The van der Waals surface area contributed by atoms with Crippen LogP contribution in [-0.4, -0.2) is 50.6 Å². The number of anilines is 1. The van der Waals surface area contributed by atoms with Crippen LogP contribution in [0.2, 0.25) is 0 Å². The minimum absolute atomic E-state index is 0.0300. The third-order valence-corrected chi connectivity index (χ3v) is 6.43. The Morgan fingerprint density at radius 2 is 1.87 bits per heavy atom. The Kier molecular flexibility index (Phi) is 6.84. The van der Waals surface area contributed by atoms with Gasteiger partial charge in [-0.2, -0.15) is 0 Å². The first-order chi connectivity index (χ1) is 15.1. The van der Waals surface area contributed by atoms with Crippen LogP contribution in [0.25, 0.3) is 0 Å². The topological polar surface area (TPSA) is 44.8 Å². The molecule has 2 aromatic carbocycles. The maximum absolute atomic E-state index is 13.4. The quantitative estimate of drug-likeness (QED) is 0.606. The number of nitrogens with zero attached hydrogens (tertiary/aromatic N) is 2. The fraction of sp³-hybridized carbons (Fsp3) is 0.292. The molecule has 1 atom stereocenters. The predicted octanol–water partition coefficient (Wildman–Crippen LogP) is 3.92. The first kappa shape index (κ1) is 21.3. The monoisotopic (exact) mass is 439 g/mol.